The van der Waals surface area contributed by atoms with Gasteiger partial charge in [0.2, 0.25) is 11.8 Å². The number of carbonyl (C=O) groups excluding carboxylic acids is 2. The SMILES string of the molecule is CC(=O)NC(Cc1c[nH]c2ccccc12)C(=O)Nc1ccc(-n2ccnc2)nc1. The average molecular weight is 388 g/mol. The fourth-order valence-corrected chi connectivity index (χ4v) is 3.21. The Hall–Kier alpha value is -3.94. The molecule has 4 rings (SSSR count). The van der Waals surface area contributed by atoms with Crippen molar-refractivity contribution in [3.8, 4) is 5.82 Å². The van der Waals surface area contributed by atoms with Gasteiger partial charge >= 0.3 is 0 Å². The van der Waals surface area contributed by atoms with Crippen molar-refractivity contribution >= 4 is 28.4 Å². The van der Waals surface area contributed by atoms with E-state index in [0.29, 0.717) is 17.9 Å². The maximum absolute atomic E-state index is 12.8. The molecule has 1 aromatic carbocycles. The molecule has 4 aromatic rings. The zero-order valence-electron chi connectivity index (χ0n) is 15.8. The molecule has 0 saturated carbocycles. The lowest BCUT2D eigenvalue weighted by molar-refractivity contribution is -0.125. The molecule has 0 aliphatic rings. The molecule has 3 aromatic heterocycles. The monoisotopic (exact) mass is 388 g/mol. The fourth-order valence-electron chi connectivity index (χ4n) is 3.21. The number of aromatic nitrogens is 4. The third kappa shape index (κ3) is 4.16. The van der Waals surface area contributed by atoms with Gasteiger partial charge in [0.25, 0.3) is 0 Å². The lowest BCUT2D eigenvalue weighted by Crippen LogP contribution is -2.44. The first-order chi connectivity index (χ1) is 14.1. The predicted molar refractivity (Wildman–Crippen MR) is 110 cm³/mol. The van der Waals surface area contributed by atoms with Gasteiger partial charge in [0.1, 0.15) is 18.2 Å². The van der Waals surface area contributed by atoms with E-state index >= 15 is 0 Å². The number of benzene rings is 1. The minimum atomic E-state index is -0.708. The summed E-state index contributed by atoms with van der Waals surface area (Å²) in [4.78, 5) is 36.0. The van der Waals surface area contributed by atoms with Crippen molar-refractivity contribution in [3.05, 3.63) is 73.1 Å². The lowest BCUT2D eigenvalue weighted by Gasteiger charge is -2.17. The summed E-state index contributed by atoms with van der Waals surface area (Å²) in [6.45, 7) is 1.40. The number of fused-ring (bicyclic) bond motifs is 1. The van der Waals surface area contributed by atoms with Crippen LogP contribution in [0.3, 0.4) is 0 Å². The molecular formula is C21H20N6O2. The molecule has 0 fully saturated rings. The zero-order chi connectivity index (χ0) is 20.2. The van der Waals surface area contributed by atoms with Crippen LogP contribution in [0.25, 0.3) is 16.7 Å². The van der Waals surface area contributed by atoms with E-state index in [1.807, 2.05) is 30.5 Å². The van der Waals surface area contributed by atoms with Gasteiger partial charge in [-0.1, -0.05) is 18.2 Å². The molecule has 0 aliphatic carbocycles. The summed E-state index contributed by atoms with van der Waals surface area (Å²) < 4.78 is 1.77. The van der Waals surface area contributed by atoms with Crippen molar-refractivity contribution in [1.29, 1.82) is 0 Å². The summed E-state index contributed by atoms with van der Waals surface area (Å²) in [5, 5.41) is 6.60. The zero-order valence-corrected chi connectivity index (χ0v) is 15.8. The topological polar surface area (TPSA) is 105 Å². The number of hydrogen-bond acceptors (Lipinski definition) is 4. The number of aromatic amines is 1. The smallest absolute Gasteiger partial charge is 0.247 e. The number of nitrogens with zero attached hydrogens (tertiary/aromatic N) is 3. The Morgan fingerprint density at radius 2 is 2.07 bits per heavy atom. The van der Waals surface area contributed by atoms with E-state index in [9.17, 15) is 9.59 Å². The highest BCUT2D eigenvalue weighted by Gasteiger charge is 2.21. The third-order valence-electron chi connectivity index (χ3n) is 4.58. The van der Waals surface area contributed by atoms with Crippen molar-refractivity contribution in [1.82, 2.24) is 24.8 Å². The molecule has 2 amide bonds. The predicted octanol–water partition coefficient (Wildman–Crippen LogP) is 2.43. The van der Waals surface area contributed by atoms with Crippen LogP contribution in [0.5, 0.6) is 0 Å². The van der Waals surface area contributed by atoms with E-state index in [-0.39, 0.29) is 11.8 Å². The maximum Gasteiger partial charge on any atom is 0.247 e. The van der Waals surface area contributed by atoms with Crippen molar-refractivity contribution in [2.24, 2.45) is 0 Å². The summed E-state index contributed by atoms with van der Waals surface area (Å²) >= 11 is 0. The molecule has 0 saturated heterocycles. The molecule has 1 unspecified atom stereocenters. The summed E-state index contributed by atoms with van der Waals surface area (Å²) in [5.41, 5.74) is 2.50. The highest BCUT2D eigenvalue weighted by Crippen LogP contribution is 2.19. The number of anilines is 1. The average Bonchev–Trinajstić information content (AvgIpc) is 3.38. The quantitative estimate of drug-likeness (QED) is 0.472. The van der Waals surface area contributed by atoms with Gasteiger partial charge in [0.05, 0.1) is 11.9 Å². The lowest BCUT2D eigenvalue weighted by atomic mass is 10.0. The van der Waals surface area contributed by atoms with Crippen molar-refractivity contribution in [3.63, 3.8) is 0 Å². The number of nitrogens with one attached hydrogen (secondary N) is 3. The second kappa shape index (κ2) is 7.97. The summed E-state index contributed by atoms with van der Waals surface area (Å²) in [6, 6.07) is 10.7. The second-order valence-electron chi connectivity index (χ2n) is 6.68. The standard InChI is InChI=1S/C21H20N6O2/c1-14(28)25-19(10-15-11-23-18-5-3-2-4-17(15)18)21(29)26-16-6-7-20(24-12-16)27-9-8-22-13-27/h2-9,11-13,19,23H,10H2,1H3,(H,25,28)(H,26,29). The van der Waals surface area contributed by atoms with Gasteiger partial charge in [0, 0.05) is 42.8 Å². The van der Waals surface area contributed by atoms with E-state index in [4.69, 9.17) is 0 Å². The molecule has 8 nitrogen and oxygen atoms in total. The number of carbonyl (C=O) groups is 2. The van der Waals surface area contributed by atoms with Crippen molar-refractivity contribution in [2.45, 2.75) is 19.4 Å². The van der Waals surface area contributed by atoms with Crippen LogP contribution in [-0.2, 0) is 16.0 Å². The minimum Gasteiger partial charge on any atom is -0.361 e. The number of rotatable bonds is 6. The number of para-hydroxylation sites is 1. The summed E-state index contributed by atoms with van der Waals surface area (Å²) in [6.07, 6.45) is 8.91. The van der Waals surface area contributed by atoms with E-state index in [1.54, 1.807) is 41.6 Å². The largest absolute Gasteiger partial charge is 0.361 e. The number of pyridine rings is 1. The molecule has 1 atom stereocenters. The van der Waals surface area contributed by atoms with Gasteiger partial charge in [-0.3, -0.25) is 14.2 Å². The molecule has 146 valence electrons. The number of imidazole rings is 1. The molecular weight excluding hydrogens is 368 g/mol. The first-order valence-corrected chi connectivity index (χ1v) is 9.17. The van der Waals surface area contributed by atoms with Crippen LogP contribution in [0.15, 0.2) is 67.5 Å². The highest BCUT2D eigenvalue weighted by atomic mass is 16.2. The van der Waals surface area contributed by atoms with Gasteiger partial charge in [0.15, 0.2) is 0 Å². The first kappa shape index (κ1) is 18.4. The summed E-state index contributed by atoms with van der Waals surface area (Å²) in [7, 11) is 0. The molecule has 29 heavy (non-hydrogen) atoms. The molecule has 0 spiro atoms. The third-order valence-corrected chi connectivity index (χ3v) is 4.58. The van der Waals surface area contributed by atoms with Gasteiger partial charge < -0.3 is 15.6 Å². The Morgan fingerprint density at radius 3 is 2.79 bits per heavy atom. The fraction of sp³-hybridized carbons (Fsp3) is 0.143. The number of H-pyrrole nitrogens is 1. The van der Waals surface area contributed by atoms with Crippen LogP contribution >= 0.6 is 0 Å². The number of hydrogen-bond donors (Lipinski definition) is 3. The Labute approximate surface area is 167 Å². The molecule has 3 heterocycles. The Morgan fingerprint density at radius 1 is 1.21 bits per heavy atom. The highest BCUT2D eigenvalue weighted by molar-refractivity contribution is 5.97. The Balaban J connectivity index is 1.50. The molecule has 3 N–H and O–H groups in total. The molecule has 0 bridgehead atoms. The van der Waals surface area contributed by atoms with Gasteiger partial charge in [-0.25, -0.2) is 9.97 Å². The Kier molecular flexibility index (Phi) is 5.07. The van der Waals surface area contributed by atoms with Crippen LogP contribution in [0.4, 0.5) is 5.69 Å². The number of amides is 2. The van der Waals surface area contributed by atoms with Crippen LogP contribution in [0.2, 0.25) is 0 Å². The van der Waals surface area contributed by atoms with Crippen LogP contribution < -0.4 is 10.6 Å². The Bertz CT molecular complexity index is 1130. The van der Waals surface area contributed by atoms with Crippen LogP contribution in [-0.4, -0.2) is 37.4 Å². The molecule has 0 radical (unpaired) electrons. The van der Waals surface area contributed by atoms with Crippen molar-refractivity contribution in [2.75, 3.05) is 5.32 Å². The van der Waals surface area contributed by atoms with E-state index in [0.717, 1.165) is 16.5 Å². The van der Waals surface area contributed by atoms with Crippen LogP contribution in [0.1, 0.15) is 12.5 Å². The van der Waals surface area contributed by atoms with Gasteiger partial charge in [-0.05, 0) is 23.8 Å². The van der Waals surface area contributed by atoms with Crippen molar-refractivity contribution < 1.29 is 9.59 Å². The van der Waals surface area contributed by atoms with Gasteiger partial charge in [-0.2, -0.15) is 0 Å². The van der Waals surface area contributed by atoms with E-state index in [2.05, 4.69) is 25.6 Å². The normalized spacial score (nSPS) is 11.9. The second-order valence-corrected chi connectivity index (χ2v) is 6.68. The maximum atomic E-state index is 12.8. The minimum absolute atomic E-state index is 0.265. The van der Waals surface area contributed by atoms with Gasteiger partial charge in [-0.15, -0.1) is 0 Å². The molecule has 8 heteroatoms. The first-order valence-electron chi connectivity index (χ1n) is 9.17. The van der Waals surface area contributed by atoms with E-state index < -0.39 is 6.04 Å². The van der Waals surface area contributed by atoms with E-state index in [1.165, 1.54) is 6.92 Å². The summed E-state index contributed by atoms with van der Waals surface area (Å²) in [5.74, 6) is 0.124. The molecule has 0 aliphatic heterocycles. The van der Waals surface area contributed by atoms with Crippen LogP contribution in [0, 0.1) is 0 Å².